The number of fused-ring (bicyclic) bond motifs is 2. The van der Waals surface area contributed by atoms with Gasteiger partial charge in [0.1, 0.15) is 0 Å². The van der Waals surface area contributed by atoms with Crippen molar-refractivity contribution < 1.29 is 23.8 Å². The van der Waals surface area contributed by atoms with Gasteiger partial charge in [-0.15, -0.1) is 0 Å². The number of methoxy groups -OCH3 is 1. The van der Waals surface area contributed by atoms with Crippen molar-refractivity contribution in [3.8, 4) is 11.5 Å². The Hall–Kier alpha value is -3.32. The molecule has 0 radical (unpaired) electrons. The minimum Gasteiger partial charge on any atom is -0.467 e. The number of nitrogens with one attached hydrogen (secondary N) is 1. The number of hydrogen-bond donors (Lipinski definition) is 2. The lowest BCUT2D eigenvalue weighted by molar-refractivity contribution is -0.145. The molecule has 1 atom stereocenters. The molecule has 3 aromatic rings. The first-order chi connectivity index (χ1) is 13.0. The van der Waals surface area contributed by atoms with Gasteiger partial charge < -0.3 is 24.9 Å². The number of Topliss-reactive ketones (excluding diaryl/α,β-unsaturated/α-hetero) is 1. The van der Waals surface area contributed by atoms with E-state index in [-0.39, 0.29) is 18.8 Å². The summed E-state index contributed by atoms with van der Waals surface area (Å²) in [6.45, 7) is 0.0904. The van der Waals surface area contributed by atoms with E-state index in [1.54, 1.807) is 18.3 Å². The summed E-state index contributed by atoms with van der Waals surface area (Å²) in [4.78, 5) is 28.8. The molecule has 1 aliphatic heterocycles. The fourth-order valence-electron chi connectivity index (χ4n) is 3.30. The molecule has 0 bridgehead atoms. The van der Waals surface area contributed by atoms with Crippen LogP contribution in [0.25, 0.3) is 10.9 Å². The molecular weight excluding hydrogens is 348 g/mol. The molecule has 0 amide bonds. The predicted octanol–water partition coefficient (Wildman–Crippen LogP) is 2.19. The van der Waals surface area contributed by atoms with E-state index in [0.717, 1.165) is 16.5 Å². The van der Waals surface area contributed by atoms with Gasteiger partial charge in [-0.2, -0.15) is 0 Å². The van der Waals surface area contributed by atoms with E-state index >= 15 is 0 Å². The Morgan fingerprint density at radius 2 is 1.96 bits per heavy atom. The standard InChI is InChI=1S/C20H18N2O5/c1-25-19(24)20(21,9-13-10-22-15-5-3-2-4-14(13)15)18(23)12-6-7-16-17(8-12)27-11-26-16/h2-8,10,22H,9,11,21H2,1H3/t20-/m1/s1. The van der Waals surface area contributed by atoms with E-state index in [9.17, 15) is 9.59 Å². The van der Waals surface area contributed by atoms with Gasteiger partial charge in [-0.25, -0.2) is 4.79 Å². The van der Waals surface area contributed by atoms with Crippen LogP contribution in [0.15, 0.2) is 48.7 Å². The van der Waals surface area contributed by atoms with Crippen LogP contribution in [0.4, 0.5) is 0 Å². The number of ether oxygens (including phenoxy) is 3. The van der Waals surface area contributed by atoms with Gasteiger partial charge in [-0.3, -0.25) is 4.79 Å². The third kappa shape index (κ3) is 2.82. The van der Waals surface area contributed by atoms with E-state index in [1.165, 1.54) is 13.2 Å². The van der Waals surface area contributed by atoms with E-state index in [4.69, 9.17) is 19.9 Å². The lowest BCUT2D eigenvalue weighted by Gasteiger charge is -2.25. The number of H-pyrrole nitrogens is 1. The van der Waals surface area contributed by atoms with Crippen LogP contribution in [-0.2, 0) is 16.0 Å². The average molecular weight is 366 g/mol. The molecular formula is C20H18N2O5. The first-order valence-corrected chi connectivity index (χ1v) is 8.39. The first kappa shape index (κ1) is 17.1. The number of nitrogens with two attached hydrogens (primary N) is 1. The van der Waals surface area contributed by atoms with Crippen molar-refractivity contribution in [2.45, 2.75) is 12.0 Å². The van der Waals surface area contributed by atoms with Crippen LogP contribution in [-0.4, -0.2) is 36.2 Å². The summed E-state index contributed by atoms with van der Waals surface area (Å²) >= 11 is 0. The molecule has 1 aliphatic rings. The summed E-state index contributed by atoms with van der Waals surface area (Å²) in [5.74, 6) is -0.350. The minimum atomic E-state index is -1.87. The van der Waals surface area contributed by atoms with Crippen LogP contribution in [0, 0.1) is 0 Å². The maximum absolute atomic E-state index is 13.2. The van der Waals surface area contributed by atoms with Crippen molar-refractivity contribution in [1.82, 2.24) is 4.98 Å². The lowest BCUT2D eigenvalue weighted by Crippen LogP contribution is -2.57. The first-order valence-electron chi connectivity index (χ1n) is 8.39. The molecule has 1 aromatic heterocycles. The fourth-order valence-corrected chi connectivity index (χ4v) is 3.30. The zero-order valence-electron chi connectivity index (χ0n) is 14.7. The van der Waals surface area contributed by atoms with E-state index < -0.39 is 17.3 Å². The summed E-state index contributed by atoms with van der Waals surface area (Å²) in [7, 11) is 1.21. The molecule has 2 aromatic carbocycles. The van der Waals surface area contributed by atoms with E-state index in [2.05, 4.69) is 4.98 Å². The molecule has 27 heavy (non-hydrogen) atoms. The number of aromatic amines is 1. The summed E-state index contributed by atoms with van der Waals surface area (Å²) < 4.78 is 15.4. The Morgan fingerprint density at radius 3 is 2.78 bits per heavy atom. The lowest BCUT2D eigenvalue weighted by atomic mass is 9.84. The summed E-state index contributed by atoms with van der Waals surface area (Å²) in [5, 5.41) is 0.898. The monoisotopic (exact) mass is 366 g/mol. The Bertz CT molecular complexity index is 1040. The van der Waals surface area contributed by atoms with Gasteiger partial charge in [-0.05, 0) is 29.8 Å². The molecule has 2 heterocycles. The highest BCUT2D eigenvalue weighted by Gasteiger charge is 2.44. The fraction of sp³-hybridized carbons (Fsp3) is 0.200. The number of para-hydroxylation sites is 1. The highest BCUT2D eigenvalue weighted by Crippen LogP contribution is 2.34. The number of rotatable bonds is 5. The Balaban J connectivity index is 1.73. The maximum Gasteiger partial charge on any atom is 0.334 e. The zero-order valence-corrected chi connectivity index (χ0v) is 14.7. The van der Waals surface area contributed by atoms with Crippen molar-refractivity contribution in [3.05, 3.63) is 59.8 Å². The number of ketones is 1. The third-order valence-corrected chi connectivity index (χ3v) is 4.73. The molecule has 7 nitrogen and oxygen atoms in total. The molecule has 4 rings (SSSR count). The SMILES string of the molecule is COC(=O)[C@@](N)(Cc1c[nH]c2ccccc12)C(=O)c1ccc2c(c1)OCO2. The zero-order chi connectivity index (χ0) is 19.0. The highest BCUT2D eigenvalue weighted by molar-refractivity contribution is 6.17. The van der Waals surface area contributed by atoms with Crippen molar-refractivity contribution in [3.63, 3.8) is 0 Å². The summed E-state index contributed by atoms with van der Waals surface area (Å²) in [6.07, 6.45) is 1.75. The summed E-state index contributed by atoms with van der Waals surface area (Å²) in [5.41, 5.74) is 6.39. The van der Waals surface area contributed by atoms with Crippen LogP contribution < -0.4 is 15.2 Å². The molecule has 3 N–H and O–H groups in total. The quantitative estimate of drug-likeness (QED) is 0.408. The van der Waals surface area contributed by atoms with Crippen molar-refractivity contribution in [1.29, 1.82) is 0 Å². The van der Waals surface area contributed by atoms with Gasteiger partial charge in [0.2, 0.25) is 6.79 Å². The van der Waals surface area contributed by atoms with E-state index in [0.29, 0.717) is 11.5 Å². The van der Waals surface area contributed by atoms with Crippen LogP contribution >= 0.6 is 0 Å². The molecule has 0 spiro atoms. The van der Waals surface area contributed by atoms with Crippen molar-refractivity contribution >= 4 is 22.7 Å². The second kappa shape index (κ2) is 6.44. The smallest absolute Gasteiger partial charge is 0.334 e. The van der Waals surface area contributed by atoms with Crippen molar-refractivity contribution in [2.24, 2.45) is 5.73 Å². The number of carbonyl (C=O) groups excluding carboxylic acids is 2. The second-order valence-electron chi connectivity index (χ2n) is 6.40. The van der Waals surface area contributed by atoms with Gasteiger partial charge in [0.05, 0.1) is 7.11 Å². The largest absolute Gasteiger partial charge is 0.467 e. The molecule has 7 heteroatoms. The van der Waals surface area contributed by atoms with E-state index in [1.807, 2.05) is 24.3 Å². The Labute approximate surface area is 155 Å². The predicted molar refractivity (Wildman–Crippen MR) is 97.8 cm³/mol. The molecule has 0 aliphatic carbocycles. The van der Waals surface area contributed by atoms with Gasteiger partial charge in [-0.1, -0.05) is 18.2 Å². The normalized spacial score (nSPS) is 14.7. The van der Waals surface area contributed by atoms with Crippen LogP contribution in [0.1, 0.15) is 15.9 Å². The number of esters is 1. The van der Waals surface area contributed by atoms with Crippen LogP contribution in [0.3, 0.4) is 0 Å². The number of aromatic nitrogens is 1. The number of benzene rings is 2. The molecule has 0 unspecified atom stereocenters. The maximum atomic E-state index is 13.2. The average Bonchev–Trinajstić information content (AvgIpc) is 3.33. The van der Waals surface area contributed by atoms with Gasteiger partial charge in [0.15, 0.2) is 22.8 Å². The highest BCUT2D eigenvalue weighted by atomic mass is 16.7. The topological polar surface area (TPSA) is 104 Å². The second-order valence-corrected chi connectivity index (χ2v) is 6.40. The third-order valence-electron chi connectivity index (χ3n) is 4.73. The molecule has 0 saturated heterocycles. The molecule has 0 saturated carbocycles. The van der Waals surface area contributed by atoms with Gasteiger partial charge in [0.25, 0.3) is 0 Å². The Kier molecular flexibility index (Phi) is 4.08. The van der Waals surface area contributed by atoms with Gasteiger partial charge >= 0.3 is 5.97 Å². The van der Waals surface area contributed by atoms with Crippen LogP contribution in [0.5, 0.6) is 11.5 Å². The number of carbonyl (C=O) groups is 2. The number of hydrogen-bond acceptors (Lipinski definition) is 6. The Morgan fingerprint density at radius 1 is 1.19 bits per heavy atom. The summed E-state index contributed by atoms with van der Waals surface area (Å²) in [6, 6.07) is 12.3. The van der Waals surface area contributed by atoms with Gasteiger partial charge in [0, 0.05) is 29.1 Å². The van der Waals surface area contributed by atoms with Crippen LogP contribution in [0.2, 0.25) is 0 Å². The molecule has 138 valence electrons. The molecule has 0 fully saturated rings. The van der Waals surface area contributed by atoms with Crippen molar-refractivity contribution in [2.75, 3.05) is 13.9 Å². The minimum absolute atomic E-state index is 0.00301.